The molecule has 164 valence electrons. The zero-order valence-electron chi connectivity index (χ0n) is 18.4. The lowest BCUT2D eigenvalue weighted by Crippen LogP contribution is -2.32. The Morgan fingerprint density at radius 1 is 0.750 bits per heavy atom. The summed E-state index contributed by atoms with van der Waals surface area (Å²) < 4.78 is 5.63. The Bertz CT molecular complexity index is 1080. The summed E-state index contributed by atoms with van der Waals surface area (Å²) in [6, 6.07) is 24.9. The summed E-state index contributed by atoms with van der Waals surface area (Å²) in [4.78, 5) is 41.8. The molecule has 0 aliphatic heterocycles. The van der Waals surface area contributed by atoms with Crippen LogP contribution in [0.15, 0.2) is 84.9 Å². The molecule has 0 saturated heterocycles. The number of carbonyl (C=O) groups is 3. The van der Waals surface area contributed by atoms with Crippen molar-refractivity contribution in [2.45, 2.75) is 12.6 Å². The smallest absolute Gasteiger partial charge is 0.340 e. The maximum Gasteiger partial charge on any atom is 0.340 e. The van der Waals surface area contributed by atoms with E-state index in [4.69, 9.17) is 4.74 Å². The van der Waals surface area contributed by atoms with Crippen LogP contribution in [0.3, 0.4) is 0 Å². The van der Waals surface area contributed by atoms with E-state index in [1.807, 2.05) is 36.4 Å². The Morgan fingerprint density at radius 3 is 1.88 bits per heavy atom. The highest BCUT2D eigenvalue weighted by Gasteiger charge is 2.29. The molecular formula is C26H26N2O4. The molecule has 1 unspecified atom stereocenters. The van der Waals surface area contributed by atoms with Crippen LogP contribution in [-0.2, 0) is 16.1 Å². The van der Waals surface area contributed by atoms with Crippen LogP contribution in [0.5, 0.6) is 0 Å². The summed E-state index contributed by atoms with van der Waals surface area (Å²) in [5.74, 6) is -1.41. The lowest BCUT2D eigenvalue weighted by molar-refractivity contribution is -0.138. The molecule has 0 spiro atoms. The second kappa shape index (κ2) is 10.4. The fourth-order valence-electron chi connectivity index (χ4n) is 3.28. The maximum atomic E-state index is 13.1. The topological polar surface area (TPSA) is 66.9 Å². The number of hydrogen-bond donors (Lipinski definition) is 0. The van der Waals surface area contributed by atoms with Gasteiger partial charge in [0.25, 0.3) is 11.8 Å². The third-order valence-electron chi connectivity index (χ3n) is 4.98. The number of nitrogens with zero attached hydrogens (tertiary/aromatic N) is 2. The molecule has 0 N–H and O–H groups in total. The molecular weight excluding hydrogens is 404 g/mol. The summed E-state index contributed by atoms with van der Waals surface area (Å²) in [5, 5.41) is 0. The Kier molecular flexibility index (Phi) is 7.39. The van der Waals surface area contributed by atoms with Crippen molar-refractivity contribution in [3.05, 3.63) is 107 Å². The lowest BCUT2D eigenvalue weighted by atomic mass is 10.1. The molecule has 0 radical (unpaired) electrons. The van der Waals surface area contributed by atoms with Crippen molar-refractivity contribution in [1.82, 2.24) is 9.80 Å². The van der Waals surface area contributed by atoms with Crippen molar-refractivity contribution in [3.63, 3.8) is 0 Å². The predicted octanol–water partition coefficient (Wildman–Crippen LogP) is 3.95. The van der Waals surface area contributed by atoms with E-state index in [1.165, 1.54) is 11.0 Å². The zero-order valence-corrected chi connectivity index (χ0v) is 18.4. The van der Waals surface area contributed by atoms with Gasteiger partial charge in [-0.15, -0.1) is 0 Å². The first-order valence-corrected chi connectivity index (χ1v) is 10.2. The van der Waals surface area contributed by atoms with Gasteiger partial charge >= 0.3 is 5.97 Å². The number of likely N-dealkylation sites (N-methyl/N-ethyl adjacent to an activating group) is 1. The van der Waals surface area contributed by atoms with Crippen LogP contribution in [0.2, 0.25) is 0 Å². The predicted molar refractivity (Wildman–Crippen MR) is 122 cm³/mol. The first-order chi connectivity index (χ1) is 15.4. The number of amides is 2. The summed E-state index contributed by atoms with van der Waals surface area (Å²) in [7, 11) is 4.88. The minimum absolute atomic E-state index is 0.116. The Hall–Kier alpha value is -3.93. The number of esters is 1. The average molecular weight is 431 g/mol. The van der Waals surface area contributed by atoms with Gasteiger partial charge in [0.2, 0.25) is 6.10 Å². The van der Waals surface area contributed by atoms with Gasteiger partial charge in [-0.3, -0.25) is 9.59 Å². The van der Waals surface area contributed by atoms with Crippen molar-refractivity contribution in [3.8, 4) is 0 Å². The van der Waals surface area contributed by atoms with E-state index in [-0.39, 0.29) is 22.9 Å². The largest absolute Gasteiger partial charge is 0.444 e. The van der Waals surface area contributed by atoms with Crippen molar-refractivity contribution in [2.24, 2.45) is 0 Å². The minimum Gasteiger partial charge on any atom is -0.444 e. The third-order valence-corrected chi connectivity index (χ3v) is 4.98. The first kappa shape index (κ1) is 22.7. The second-order valence-corrected chi connectivity index (χ2v) is 7.62. The summed E-state index contributed by atoms with van der Waals surface area (Å²) in [5.41, 5.74) is 1.87. The molecule has 2 amide bonds. The van der Waals surface area contributed by atoms with Gasteiger partial charge < -0.3 is 14.5 Å². The first-order valence-electron chi connectivity index (χ1n) is 10.2. The summed E-state index contributed by atoms with van der Waals surface area (Å²) >= 11 is 0. The van der Waals surface area contributed by atoms with E-state index in [2.05, 4.69) is 0 Å². The Morgan fingerprint density at radius 2 is 1.28 bits per heavy atom. The fraction of sp³-hybridized carbons (Fsp3) is 0.192. The Labute approximate surface area is 188 Å². The molecule has 0 saturated carbocycles. The lowest BCUT2D eigenvalue weighted by Gasteiger charge is -2.22. The molecule has 0 fully saturated rings. The van der Waals surface area contributed by atoms with Gasteiger partial charge in [0.15, 0.2) is 0 Å². The van der Waals surface area contributed by atoms with Crippen LogP contribution < -0.4 is 0 Å². The average Bonchev–Trinajstić information content (AvgIpc) is 2.82. The summed E-state index contributed by atoms with van der Waals surface area (Å²) in [6.45, 7) is 0.398. The molecule has 6 nitrogen and oxygen atoms in total. The number of carbonyl (C=O) groups excluding carboxylic acids is 3. The van der Waals surface area contributed by atoms with Crippen LogP contribution >= 0.6 is 0 Å². The second-order valence-electron chi connectivity index (χ2n) is 7.62. The van der Waals surface area contributed by atoms with Gasteiger partial charge in [0.05, 0.1) is 11.1 Å². The van der Waals surface area contributed by atoms with E-state index in [0.29, 0.717) is 12.1 Å². The van der Waals surface area contributed by atoms with E-state index in [9.17, 15) is 14.4 Å². The van der Waals surface area contributed by atoms with Crippen molar-refractivity contribution in [2.75, 3.05) is 21.1 Å². The molecule has 3 aromatic carbocycles. The van der Waals surface area contributed by atoms with Crippen LogP contribution in [0, 0.1) is 0 Å². The molecule has 0 aromatic heterocycles. The molecule has 6 heteroatoms. The molecule has 32 heavy (non-hydrogen) atoms. The zero-order chi connectivity index (χ0) is 23.1. The SMILES string of the molecule is CN(C)C(=O)C(OC(=O)c1ccccc1C(=O)N(C)Cc1ccccc1)c1ccccc1. The maximum absolute atomic E-state index is 13.1. The van der Waals surface area contributed by atoms with Gasteiger partial charge in [-0.25, -0.2) is 4.79 Å². The van der Waals surface area contributed by atoms with E-state index in [0.717, 1.165) is 5.56 Å². The fourth-order valence-corrected chi connectivity index (χ4v) is 3.28. The van der Waals surface area contributed by atoms with Crippen molar-refractivity contribution < 1.29 is 19.1 Å². The quantitative estimate of drug-likeness (QED) is 0.533. The van der Waals surface area contributed by atoms with Gasteiger partial charge in [0.1, 0.15) is 0 Å². The number of benzene rings is 3. The van der Waals surface area contributed by atoms with Crippen molar-refractivity contribution in [1.29, 1.82) is 0 Å². The van der Waals surface area contributed by atoms with Crippen LogP contribution in [0.4, 0.5) is 0 Å². The Balaban J connectivity index is 1.85. The van der Waals surface area contributed by atoms with E-state index in [1.54, 1.807) is 68.5 Å². The number of rotatable bonds is 7. The highest BCUT2D eigenvalue weighted by Crippen LogP contribution is 2.23. The number of ether oxygens (including phenoxy) is 1. The highest BCUT2D eigenvalue weighted by molar-refractivity contribution is 6.05. The van der Waals surface area contributed by atoms with Gasteiger partial charge in [-0.1, -0.05) is 72.8 Å². The van der Waals surface area contributed by atoms with Crippen LogP contribution in [-0.4, -0.2) is 48.7 Å². The molecule has 3 rings (SSSR count). The molecule has 0 aliphatic rings. The summed E-state index contributed by atoms with van der Waals surface area (Å²) in [6.07, 6.45) is -1.11. The van der Waals surface area contributed by atoms with E-state index < -0.39 is 12.1 Å². The highest BCUT2D eigenvalue weighted by atomic mass is 16.5. The number of hydrogen-bond acceptors (Lipinski definition) is 4. The van der Waals surface area contributed by atoms with E-state index >= 15 is 0 Å². The van der Waals surface area contributed by atoms with Crippen molar-refractivity contribution >= 4 is 17.8 Å². The standard InChI is InChI=1S/C26H26N2O4/c1-27(2)25(30)23(20-14-8-5-9-15-20)32-26(31)22-17-11-10-16-21(22)24(29)28(3)18-19-12-6-4-7-13-19/h4-17,23H,18H2,1-3H3. The molecule has 1 atom stereocenters. The van der Waals surface area contributed by atoms with Crippen LogP contribution in [0.25, 0.3) is 0 Å². The van der Waals surface area contributed by atoms with Gasteiger partial charge in [0, 0.05) is 33.3 Å². The minimum atomic E-state index is -1.11. The molecule has 0 aliphatic carbocycles. The van der Waals surface area contributed by atoms with Gasteiger partial charge in [-0.2, -0.15) is 0 Å². The van der Waals surface area contributed by atoms with Crippen LogP contribution in [0.1, 0.15) is 37.9 Å². The normalized spacial score (nSPS) is 11.3. The monoisotopic (exact) mass is 430 g/mol. The third kappa shape index (κ3) is 5.40. The molecule has 0 bridgehead atoms. The van der Waals surface area contributed by atoms with Gasteiger partial charge in [-0.05, 0) is 17.7 Å². The molecule has 3 aromatic rings. The molecule has 0 heterocycles.